The first-order chi connectivity index (χ1) is 14.1. The number of halogens is 5. The van der Waals surface area contributed by atoms with Crippen LogP contribution in [0.25, 0.3) is 0 Å². The van der Waals surface area contributed by atoms with Gasteiger partial charge in [0.2, 0.25) is 5.88 Å². The van der Waals surface area contributed by atoms with Crippen molar-refractivity contribution in [2.45, 2.75) is 43.8 Å². The average molecular weight is 433 g/mol. The fourth-order valence-corrected chi connectivity index (χ4v) is 3.34. The molecule has 0 radical (unpaired) electrons. The first kappa shape index (κ1) is 20.4. The molecule has 1 unspecified atom stereocenters. The van der Waals surface area contributed by atoms with Gasteiger partial charge in [-0.2, -0.15) is 18.3 Å². The third-order valence-corrected chi connectivity index (χ3v) is 4.93. The van der Waals surface area contributed by atoms with Gasteiger partial charge in [0, 0.05) is 24.6 Å². The summed E-state index contributed by atoms with van der Waals surface area (Å²) >= 11 is 0. The minimum absolute atomic E-state index is 0.0114. The smallest absolute Gasteiger partial charge is 0.416 e. The fraction of sp³-hybridized carbons (Fsp3) is 0.444. The number of carbonyl (C=O) groups excluding carboxylic acids is 1. The van der Waals surface area contributed by atoms with Crippen LogP contribution in [0.3, 0.4) is 0 Å². The van der Waals surface area contributed by atoms with Crippen LogP contribution in [0.15, 0.2) is 24.3 Å². The Morgan fingerprint density at radius 1 is 1.30 bits per heavy atom. The number of benzene rings is 1. The van der Waals surface area contributed by atoms with E-state index in [1.165, 1.54) is 10.7 Å². The third kappa shape index (κ3) is 3.78. The number of carbonyl (C=O) groups is 1. The van der Waals surface area contributed by atoms with E-state index < -0.39 is 42.3 Å². The van der Waals surface area contributed by atoms with Crippen LogP contribution in [-0.2, 0) is 12.7 Å². The van der Waals surface area contributed by atoms with Gasteiger partial charge in [0.25, 0.3) is 12.3 Å². The summed E-state index contributed by atoms with van der Waals surface area (Å²) in [5, 5.41) is 16.9. The largest absolute Gasteiger partial charge is 0.491 e. The van der Waals surface area contributed by atoms with Crippen LogP contribution < -0.4 is 14.8 Å². The van der Waals surface area contributed by atoms with Crippen LogP contribution >= 0.6 is 0 Å². The summed E-state index contributed by atoms with van der Waals surface area (Å²) in [7, 11) is 0. The number of hydrogen-bond donors (Lipinski definition) is 2. The molecular weight excluding hydrogens is 417 g/mol. The molecule has 3 atom stereocenters. The minimum atomic E-state index is -4.60. The monoisotopic (exact) mass is 433 g/mol. The molecule has 0 bridgehead atoms. The number of aromatic nitrogens is 2. The molecule has 0 saturated carbocycles. The minimum Gasteiger partial charge on any atom is -0.491 e. The van der Waals surface area contributed by atoms with Crippen LogP contribution in [-0.4, -0.2) is 46.0 Å². The van der Waals surface area contributed by atoms with Crippen LogP contribution in [0, 0.1) is 0 Å². The van der Waals surface area contributed by atoms with Gasteiger partial charge in [-0.05, 0) is 18.2 Å². The van der Waals surface area contributed by atoms with Crippen molar-refractivity contribution in [1.82, 2.24) is 15.1 Å². The van der Waals surface area contributed by atoms with Crippen molar-refractivity contribution in [3.05, 3.63) is 41.1 Å². The second kappa shape index (κ2) is 7.42. The van der Waals surface area contributed by atoms with Crippen molar-refractivity contribution in [1.29, 1.82) is 0 Å². The Bertz CT molecular complexity index is 962. The van der Waals surface area contributed by atoms with E-state index in [2.05, 4.69) is 10.4 Å². The molecule has 0 spiro atoms. The normalized spacial score (nSPS) is 23.2. The summed E-state index contributed by atoms with van der Waals surface area (Å²) in [4.78, 5) is 12.5. The second-order valence-corrected chi connectivity index (χ2v) is 6.96. The Morgan fingerprint density at radius 2 is 2.07 bits per heavy atom. The number of alkyl halides is 5. The van der Waals surface area contributed by atoms with E-state index >= 15 is 0 Å². The first-order valence-electron chi connectivity index (χ1n) is 8.99. The van der Waals surface area contributed by atoms with E-state index in [0.717, 1.165) is 18.2 Å². The van der Waals surface area contributed by atoms with Gasteiger partial charge < -0.3 is 19.9 Å². The van der Waals surface area contributed by atoms with Crippen molar-refractivity contribution in [3.8, 4) is 11.6 Å². The number of fused-ring (bicyclic) bond motifs is 2. The van der Waals surface area contributed by atoms with Gasteiger partial charge in [-0.3, -0.25) is 4.79 Å². The van der Waals surface area contributed by atoms with E-state index in [1.807, 2.05) is 0 Å². The molecule has 2 N–H and O–H groups in total. The highest BCUT2D eigenvalue weighted by molar-refractivity contribution is 5.92. The number of nitrogens with one attached hydrogen (secondary N) is 1. The molecule has 1 amide bonds. The zero-order valence-corrected chi connectivity index (χ0v) is 15.2. The first-order valence-corrected chi connectivity index (χ1v) is 8.99. The van der Waals surface area contributed by atoms with Crippen LogP contribution in [0.4, 0.5) is 22.0 Å². The zero-order valence-electron chi connectivity index (χ0n) is 15.2. The Kier molecular flexibility index (Phi) is 5.04. The second-order valence-electron chi connectivity index (χ2n) is 6.96. The maximum Gasteiger partial charge on any atom is 0.416 e. The molecule has 1 aromatic carbocycles. The number of nitrogens with zero attached hydrogens (tertiary/aromatic N) is 2. The van der Waals surface area contributed by atoms with Crippen molar-refractivity contribution in [2.75, 3.05) is 6.61 Å². The summed E-state index contributed by atoms with van der Waals surface area (Å²) in [6.45, 7) is -0.0385. The van der Waals surface area contributed by atoms with Crippen molar-refractivity contribution in [3.63, 3.8) is 0 Å². The highest BCUT2D eigenvalue weighted by Gasteiger charge is 2.36. The Hall–Kier alpha value is -2.89. The lowest BCUT2D eigenvalue weighted by molar-refractivity contribution is -0.137. The van der Waals surface area contributed by atoms with Crippen LogP contribution in [0.5, 0.6) is 11.6 Å². The van der Waals surface area contributed by atoms with Crippen LogP contribution in [0.1, 0.15) is 34.1 Å². The summed E-state index contributed by atoms with van der Waals surface area (Å²) in [5.74, 6) is -0.653. The molecule has 2 aliphatic heterocycles. The van der Waals surface area contributed by atoms with Crippen molar-refractivity contribution < 1.29 is 41.3 Å². The SMILES string of the molecule is O=C(N[C@H]1COc2ccc(C(F)(F)F)cc2C1O)c1cc2n(n1)CC[C@@H](C(F)F)O2. The molecule has 30 heavy (non-hydrogen) atoms. The summed E-state index contributed by atoms with van der Waals surface area (Å²) in [6.07, 6.45) is -9.99. The molecule has 3 heterocycles. The lowest BCUT2D eigenvalue weighted by atomic mass is 9.97. The molecule has 0 aliphatic carbocycles. The lowest BCUT2D eigenvalue weighted by Crippen LogP contribution is -2.45. The third-order valence-electron chi connectivity index (χ3n) is 4.93. The number of aliphatic hydroxyl groups excluding tert-OH is 1. The highest BCUT2D eigenvalue weighted by atomic mass is 19.4. The molecule has 162 valence electrons. The quantitative estimate of drug-likeness (QED) is 0.727. The standard InChI is InChI=1S/C18H16F5N3O4/c19-16(20)13-3-4-26-14(30-13)6-10(25-26)17(28)24-11-7-29-12-2-1-8(18(21,22)23)5-9(12)15(11)27/h1-2,5-6,11,13,15-16,27H,3-4,7H2,(H,24,28)/t11-,13-,15?/m0/s1. The van der Waals surface area contributed by atoms with Crippen molar-refractivity contribution in [2.24, 2.45) is 0 Å². The molecule has 7 nitrogen and oxygen atoms in total. The number of hydrogen-bond acceptors (Lipinski definition) is 5. The Labute approximate surface area is 166 Å². The van der Waals surface area contributed by atoms with Gasteiger partial charge in [-0.15, -0.1) is 0 Å². The van der Waals surface area contributed by atoms with E-state index in [-0.39, 0.29) is 42.5 Å². The van der Waals surface area contributed by atoms with Gasteiger partial charge in [0.15, 0.2) is 11.8 Å². The lowest BCUT2D eigenvalue weighted by Gasteiger charge is -2.31. The van der Waals surface area contributed by atoms with Crippen molar-refractivity contribution >= 4 is 5.91 Å². The predicted octanol–water partition coefficient (Wildman–Crippen LogP) is 2.54. The summed E-state index contributed by atoms with van der Waals surface area (Å²) in [6, 6.07) is 2.87. The predicted molar refractivity (Wildman–Crippen MR) is 90.4 cm³/mol. The molecule has 12 heteroatoms. The Balaban J connectivity index is 1.49. The van der Waals surface area contributed by atoms with Gasteiger partial charge in [0.05, 0.1) is 11.6 Å². The molecule has 1 aromatic heterocycles. The maximum atomic E-state index is 12.9. The number of rotatable bonds is 3. The van der Waals surface area contributed by atoms with E-state index in [9.17, 15) is 31.9 Å². The molecular formula is C18H16F5N3O4. The number of aliphatic hydroxyl groups is 1. The molecule has 2 aliphatic rings. The zero-order chi connectivity index (χ0) is 21.6. The van der Waals surface area contributed by atoms with Gasteiger partial charge in [-0.1, -0.05) is 0 Å². The maximum absolute atomic E-state index is 12.9. The summed E-state index contributed by atoms with van der Waals surface area (Å²) < 4.78 is 76.2. The van der Waals surface area contributed by atoms with Gasteiger partial charge in [0.1, 0.15) is 18.5 Å². The summed E-state index contributed by atoms with van der Waals surface area (Å²) in [5.41, 5.74) is -1.20. The van der Waals surface area contributed by atoms with Gasteiger partial charge in [-0.25, -0.2) is 13.5 Å². The molecule has 0 fully saturated rings. The highest BCUT2D eigenvalue weighted by Crippen LogP contribution is 2.38. The fourth-order valence-electron chi connectivity index (χ4n) is 3.34. The van der Waals surface area contributed by atoms with Crippen LogP contribution in [0.2, 0.25) is 0 Å². The van der Waals surface area contributed by atoms with Gasteiger partial charge >= 0.3 is 6.18 Å². The number of amides is 1. The molecule has 0 saturated heterocycles. The molecule has 2 aromatic rings. The van der Waals surface area contributed by atoms with E-state index in [4.69, 9.17) is 9.47 Å². The number of aryl methyl sites for hydroxylation is 1. The average Bonchev–Trinajstić information content (AvgIpc) is 3.12. The Morgan fingerprint density at radius 3 is 2.77 bits per heavy atom. The molecule has 4 rings (SSSR count). The van der Waals surface area contributed by atoms with E-state index in [1.54, 1.807) is 0 Å². The van der Waals surface area contributed by atoms with E-state index in [0.29, 0.717) is 0 Å². The topological polar surface area (TPSA) is 85.6 Å². The number of ether oxygens (including phenoxy) is 2.